The summed E-state index contributed by atoms with van der Waals surface area (Å²) in [6.45, 7) is 7.43. The van der Waals surface area contributed by atoms with Crippen LogP contribution in [-0.4, -0.2) is 56.9 Å². The van der Waals surface area contributed by atoms with Gasteiger partial charge in [0.1, 0.15) is 11.9 Å². The molecule has 9 heteroatoms. The summed E-state index contributed by atoms with van der Waals surface area (Å²) in [4.78, 5) is 18.9. The number of ether oxygens (including phenoxy) is 1. The van der Waals surface area contributed by atoms with Gasteiger partial charge in [0.05, 0.1) is 18.3 Å². The van der Waals surface area contributed by atoms with Crippen molar-refractivity contribution in [2.24, 2.45) is 0 Å². The monoisotopic (exact) mass is 334 g/mol. The Labute approximate surface area is 139 Å². The predicted octanol–water partition coefficient (Wildman–Crippen LogP) is 1.06. The molecule has 2 aromatic rings. The number of aromatic amines is 1. The number of nitrogens with zero attached hydrogens (tertiary/aromatic N) is 4. The molecule has 2 atom stereocenters. The summed E-state index contributed by atoms with van der Waals surface area (Å²) in [5.74, 6) is 1.68. The first-order valence-electron chi connectivity index (χ1n) is 8.07. The smallest absolute Gasteiger partial charge is 0.243 e. The summed E-state index contributed by atoms with van der Waals surface area (Å²) in [5.41, 5.74) is 0.723. The number of aromatic nitrogens is 4. The lowest BCUT2D eigenvalue weighted by molar-refractivity contribution is -0.124. The van der Waals surface area contributed by atoms with E-state index in [1.165, 1.54) is 0 Å². The lowest BCUT2D eigenvalue weighted by atomic mass is 10.2. The molecule has 0 radical (unpaired) electrons. The zero-order valence-electron chi connectivity index (χ0n) is 14.1. The van der Waals surface area contributed by atoms with Crippen LogP contribution in [0.15, 0.2) is 10.6 Å². The Morgan fingerprint density at radius 2 is 2.42 bits per heavy atom. The number of rotatable bonds is 5. The number of anilines is 1. The highest BCUT2D eigenvalue weighted by Gasteiger charge is 2.31. The zero-order valence-corrected chi connectivity index (χ0v) is 14.1. The second kappa shape index (κ2) is 7.10. The Bertz CT molecular complexity index is 697. The minimum absolute atomic E-state index is 0.143. The number of H-pyrrole nitrogens is 1. The van der Waals surface area contributed by atoms with E-state index in [1.807, 2.05) is 13.8 Å². The van der Waals surface area contributed by atoms with Crippen molar-refractivity contribution >= 4 is 11.8 Å². The van der Waals surface area contributed by atoms with Crippen LogP contribution in [0.4, 0.5) is 5.88 Å². The van der Waals surface area contributed by atoms with E-state index in [0.29, 0.717) is 31.4 Å². The highest BCUT2D eigenvalue weighted by Crippen LogP contribution is 2.21. The number of aryl methyl sites for hydroxylation is 2. The Kier molecular flexibility index (Phi) is 4.91. The molecule has 0 spiro atoms. The van der Waals surface area contributed by atoms with Gasteiger partial charge in [-0.1, -0.05) is 12.1 Å². The normalized spacial score (nSPS) is 20.0. The first-order valence-corrected chi connectivity index (χ1v) is 8.07. The zero-order chi connectivity index (χ0) is 17.1. The first-order chi connectivity index (χ1) is 11.6. The van der Waals surface area contributed by atoms with Crippen molar-refractivity contribution in [2.75, 3.05) is 25.0 Å². The van der Waals surface area contributed by atoms with Crippen LogP contribution in [0.3, 0.4) is 0 Å². The topological polar surface area (TPSA) is 109 Å². The van der Waals surface area contributed by atoms with Gasteiger partial charge in [-0.3, -0.25) is 20.1 Å². The number of hydrogen-bond donors (Lipinski definition) is 2. The molecule has 0 aliphatic carbocycles. The second-order valence-corrected chi connectivity index (χ2v) is 5.85. The number of nitrogens with one attached hydrogen (secondary N) is 2. The minimum atomic E-state index is -0.327. The molecule has 9 nitrogen and oxygen atoms in total. The molecule has 3 heterocycles. The van der Waals surface area contributed by atoms with Crippen LogP contribution in [0.2, 0.25) is 0 Å². The van der Waals surface area contributed by atoms with Gasteiger partial charge in [0, 0.05) is 25.6 Å². The average Bonchev–Trinajstić information content (AvgIpc) is 3.23. The average molecular weight is 334 g/mol. The maximum absolute atomic E-state index is 12.4. The molecule has 1 aliphatic rings. The Morgan fingerprint density at radius 3 is 3.08 bits per heavy atom. The minimum Gasteiger partial charge on any atom is -0.367 e. The van der Waals surface area contributed by atoms with Crippen LogP contribution in [0.1, 0.15) is 37.3 Å². The SMILES string of the molecule is CCc1nc([C@H]2CN([C@H](C)C(=O)Nc3cc(C)no3)CCO2)n[nH]1. The third-order valence-corrected chi connectivity index (χ3v) is 4.07. The third kappa shape index (κ3) is 3.62. The molecule has 1 fully saturated rings. The summed E-state index contributed by atoms with van der Waals surface area (Å²) >= 11 is 0. The highest BCUT2D eigenvalue weighted by atomic mass is 16.5. The van der Waals surface area contributed by atoms with Crippen molar-refractivity contribution in [1.29, 1.82) is 0 Å². The van der Waals surface area contributed by atoms with Crippen molar-refractivity contribution in [3.05, 3.63) is 23.4 Å². The van der Waals surface area contributed by atoms with E-state index >= 15 is 0 Å². The van der Waals surface area contributed by atoms with E-state index in [0.717, 1.165) is 17.9 Å². The highest BCUT2D eigenvalue weighted by molar-refractivity contribution is 5.93. The number of carbonyl (C=O) groups excluding carboxylic acids is 1. The van der Waals surface area contributed by atoms with E-state index in [4.69, 9.17) is 9.26 Å². The van der Waals surface area contributed by atoms with Crippen LogP contribution >= 0.6 is 0 Å². The van der Waals surface area contributed by atoms with Crippen LogP contribution < -0.4 is 5.32 Å². The maximum Gasteiger partial charge on any atom is 0.243 e. The van der Waals surface area contributed by atoms with Gasteiger partial charge < -0.3 is 9.26 Å². The molecular formula is C15H22N6O3. The Hall–Kier alpha value is -2.26. The molecule has 2 aromatic heterocycles. The lowest BCUT2D eigenvalue weighted by Crippen LogP contribution is -2.48. The predicted molar refractivity (Wildman–Crippen MR) is 85.4 cm³/mol. The lowest BCUT2D eigenvalue weighted by Gasteiger charge is -2.34. The number of amides is 1. The molecule has 0 unspecified atom stereocenters. The largest absolute Gasteiger partial charge is 0.367 e. The van der Waals surface area contributed by atoms with Gasteiger partial charge in [-0.05, 0) is 13.8 Å². The van der Waals surface area contributed by atoms with Crippen molar-refractivity contribution in [3.8, 4) is 0 Å². The summed E-state index contributed by atoms with van der Waals surface area (Å²) in [6.07, 6.45) is 0.553. The van der Waals surface area contributed by atoms with E-state index < -0.39 is 0 Å². The van der Waals surface area contributed by atoms with Gasteiger partial charge >= 0.3 is 0 Å². The molecule has 1 saturated heterocycles. The van der Waals surface area contributed by atoms with Gasteiger partial charge in [0.2, 0.25) is 11.8 Å². The van der Waals surface area contributed by atoms with E-state index in [1.54, 1.807) is 13.0 Å². The number of hydrogen-bond acceptors (Lipinski definition) is 7. The second-order valence-electron chi connectivity index (χ2n) is 5.85. The molecule has 2 N–H and O–H groups in total. The molecule has 0 aromatic carbocycles. The fourth-order valence-corrected chi connectivity index (χ4v) is 2.60. The third-order valence-electron chi connectivity index (χ3n) is 4.07. The molecule has 24 heavy (non-hydrogen) atoms. The summed E-state index contributed by atoms with van der Waals surface area (Å²) in [6, 6.07) is 1.36. The van der Waals surface area contributed by atoms with Crippen molar-refractivity contribution in [1.82, 2.24) is 25.2 Å². The van der Waals surface area contributed by atoms with E-state index in [9.17, 15) is 4.79 Å². The van der Waals surface area contributed by atoms with Gasteiger partial charge in [0.15, 0.2) is 5.82 Å². The molecule has 130 valence electrons. The summed E-state index contributed by atoms with van der Waals surface area (Å²) < 4.78 is 10.8. The molecule has 3 rings (SSSR count). The standard InChI is InChI=1S/C15H22N6O3/c1-4-12-16-14(19-18-12)11-8-21(5-6-23-11)10(3)15(22)17-13-7-9(2)20-24-13/h7,10-11H,4-6,8H2,1-3H3,(H,17,22)(H,16,18,19)/t10-,11-/m1/s1. The van der Waals surface area contributed by atoms with Crippen LogP contribution in [0.5, 0.6) is 0 Å². The molecule has 1 aliphatic heterocycles. The van der Waals surface area contributed by atoms with Crippen molar-refractivity contribution in [3.63, 3.8) is 0 Å². The molecule has 0 bridgehead atoms. The number of morpholine rings is 1. The molecule has 0 saturated carbocycles. The summed E-state index contributed by atoms with van der Waals surface area (Å²) in [5, 5.41) is 13.6. The van der Waals surface area contributed by atoms with Gasteiger partial charge in [0.25, 0.3) is 0 Å². The Balaban J connectivity index is 1.61. The van der Waals surface area contributed by atoms with Crippen molar-refractivity contribution < 1.29 is 14.1 Å². The fourth-order valence-electron chi connectivity index (χ4n) is 2.60. The Morgan fingerprint density at radius 1 is 1.58 bits per heavy atom. The molecule has 1 amide bonds. The first kappa shape index (κ1) is 16.6. The quantitative estimate of drug-likeness (QED) is 0.841. The van der Waals surface area contributed by atoms with E-state index in [-0.39, 0.29) is 18.1 Å². The van der Waals surface area contributed by atoms with Gasteiger partial charge in [-0.2, -0.15) is 5.10 Å². The van der Waals surface area contributed by atoms with Gasteiger partial charge in [-0.15, -0.1) is 0 Å². The summed E-state index contributed by atoms with van der Waals surface area (Å²) in [7, 11) is 0. The van der Waals surface area contributed by atoms with Crippen LogP contribution in [-0.2, 0) is 16.0 Å². The maximum atomic E-state index is 12.4. The van der Waals surface area contributed by atoms with Crippen LogP contribution in [0, 0.1) is 6.92 Å². The number of carbonyl (C=O) groups is 1. The van der Waals surface area contributed by atoms with Crippen molar-refractivity contribution in [2.45, 2.75) is 39.3 Å². The fraction of sp³-hybridized carbons (Fsp3) is 0.600. The van der Waals surface area contributed by atoms with E-state index in [2.05, 4.69) is 30.6 Å². The van der Waals surface area contributed by atoms with Crippen LogP contribution in [0.25, 0.3) is 0 Å². The van der Waals surface area contributed by atoms with Gasteiger partial charge in [-0.25, -0.2) is 4.98 Å². The molecular weight excluding hydrogens is 312 g/mol.